The maximum atomic E-state index is 12.3. The van der Waals surface area contributed by atoms with Gasteiger partial charge in [0.15, 0.2) is 0 Å². The Morgan fingerprint density at radius 1 is 1.25 bits per heavy atom. The minimum absolute atomic E-state index is 0.0975. The molecule has 0 spiro atoms. The fraction of sp³-hybridized carbons (Fsp3) is 0.467. The number of urea groups is 1. The summed E-state index contributed by atoms with van der Waals surface area (Å²) in [6.45, 7) is 2.48. The van der Waals surface area contributed by atoms with Crippen molar-refractivity contribution >= 4 is 29.2 Å². The highest BCUT2D eigenvalue weighted by atomic mass is 35.5. The summed E-state index contributed by atoms with van der Waals surface area (Å²) in [7, 11) is 0. The Hall–Kier alpha value is -1.55. The molecule has 0 aliphatic carbocycles. The minimum atomic E-state index is -0.275. The van der Waals surface area contributed by atoms with E-state index in [1.165, 1.54) is 9.80 Å². The van der Waals surface area contributed by atoms with Gasteiger partial charge >= 0.3 is 6.03 Å². The number of halogens is 1. The number of hydrogen-bond acceptors (Lipinski definition) is 2. The number of anilines is 1. The fourth-order valence-electron chi connectivity index (χ4n) is 2.25. The number of rotatable bonds is 6. The molecule has 1 saturated heterocycles. The maximum absolute atomic E-state index is 12.3. The van der Waals surface area contributed by atoms with Crippen molar-refractivity contribution in [3.8, 4) is 0 Å². The molecule has 1 aromatic carbocycles. The second-order valence-corrected chi connectivity index (χ2v) is 5.57. The van der Waals surface area contributed by atoms with Crippen LogP contribution in [-0.4, -0.2) is 35.3 Å². The van der Waals surface area contributed by atoms with Crippen LogP contribution < -0.4 is 4.90 Å². The molecule has 1 aliphatic heterocycles. The average Bonchev–Trinajstić information content (AvgIpc) is 2.74. The predicted octanol–water partition coefficient (Wildman–Crippen LogP) is 3.25. The summed E-state index contributed by atoms with van der Waals surface area (Å²) in [6.07, 6.45) is 2.88. The quantitative estimate of drug-likeness (QED) is 0.597. The van der Waals surface area contributed by atoms with E-state index in [0.29, 0.717) is 6.54 Å². The monoisotopic (exact) mass is 294 g/mol. The second-order valence-electron chi connectivity index (χ2n) is 4.95. The number of imide groups is 1. The molecule has 0 bridgehead atoms. The molecule has 1 atom stereocenters. The fourth-order valence-corrected chi connectivity index (χ4v) is 2.54. The van der Waals surface area contributed by atoms with Gasteiger partial charge < -0.3 is 0 Å². The molecule has 5 heteroatoms. The number of nitrogens with zero attached hydrogens (tertiary/aromatic N) is 2. The van der Waals surface area contributed by atoms with E-state index in [-0.39, 0.29) is 23.9 Å². The van der Waals surface area contributed by atoms with Gasteiger partial charge in [-0.15, -0.1) is 11.6 Å². The third-order valence-corrected chi connectivity index (χ3v) is 3.73. The summed E-state index contributed by atoms with van der Waals surface area (Å²) in [5, 5.41) is -0.168. The summed E-state index contributed by atoms with van der Waals surface area (Å²) in [5.41, 5.74) is 0.744. The van der Waals surface area contributed by atoms with E-state index in [1.54, 1.807) is 0 Å². The first kappa shape index (κ1) is 14.9. The third-order valence-electron chi connectivity index (χ3n) is 3.38. The molecular weight excluding hydrogens is 276 g/mol. The summed E-state index contributed by atoms with van der Waals surface area (Å²) in [5.74, 6) is -0.180. The zero-order valence-corrected chi connectivity index (χ0v) is 12.3. The van der Waals surface area contributed by atoms with Gasteiger partial charge in [-0.05, 0) is 18.6 Å². The van der Waals surface area contributed by atoms with Crippen LogP contribution >= 0.6 is 11.6 Å². The Morgan fingerprint density at radius 2 is 1.95 bits per heavy atom. The molecule has 20 heavy (non-hydrogen) atoms. The highest BCUT2D eigenvalue weighted by Gasteiger charge is 2.37. The van der Waals surface area contributed by atoms with Gasteiger partial charge in [0, 0.05) is 12.2 Å². The van der Waals surface area contributed by atoms with Crippen molar-refractivity contribution < 1.29 is 9.59 Å². The molecule has 1 aliphatic rings. The molecule has 1 aromatic rings. The normalized spacial score (nSPS) is 16.9. The Kier molecular flexibility index (Phi) is 5.01. The molecule has 0 aromatic heterocycles. The molecule has 1 heterocycles. The van der Waals surface area contributed by atoms with Crippen molar-refractivity contribution in [1.82, 2.24) is 4.90 Å². The van der Waals surface area contributed by atoms with Gasteiger partial charge in [0.25, 0.3) is 5.91 Å². The second kappa shape index (κ2) is 6.75. The predicted molar refractivity (Wildman–Crippen MR) is 80.1 cm³/mol. The number of carbonyl (C=O) groups excluding carboxylic acids is 2. The third kappa shape index (κ3) is 3.31. The molecule has 3 amide bonds. The minimum Gasteiger partial charge on any atom is -0.285 e. The Balaban J connectivity index is 2.02. The lowest BCUT2D eigenvalue weighted by atomic mass is 10.2. The van der Waals surface area contributed by atoms with Crippen LogP contribution in [0.4, 0.5) is 10.5 Å². The van der Waals surface area contributed by atoms with Crippen molar-refractivity contribution in [1.29, 1.82) is 0 Å². The van der Waals surface area contributed by atoms with Crippen molar-refractivity contribution in [3.05, 3.63) is 30.3 Å². The van der Waals surface area contributed by atoms with E-state index in [1.807, 2.05) is 30.3 Å². The van der Waals surface area contributed by atoms with Crippen molar-refractivity contribution in [2.24, 2.45) is 0 Å². The number of amides is 3. The lowest BCUT2D eigenvalue weighted by molar-refractivity contribution is -0.124. The lowest BCUT2D eigenvalue weighted by Gasteiger charge is -2.19. The smallest absolute Gasteiger partial charge is 0.285 e. The molecule has 108 valence electrons. The number of para-hydroxylation sites is 1. The zero-order chi connectivity index (χ0) is 14.5. The van der Waals surface area contributed by atoms with E-state index in [2.05, 4.69) is 6.92 Å². The van der Waals surface area contributed by atoms with Crippen molar-refractivity contribution in [2.75, 3.05) is 18.0 Å². The largest absolute Gasteiger partial charge is 0.331 e. The summed E-state index contributed by atoms with van der Waals surface area (Å²) in [6, 6.07) is 8.95. The van der Waals surface area contributed by atoms with Crippen LogP contribution in [0.1, 0.15) is 26.2 Å². The number of benzene rings is 1. The highest BCUT2D eigenvalue weighted by Crippen LogP contribution is 2.22. The van der Waals surface area contributed by atoms with Gasteiger partial charge in [-0.2, -0.15) is 0 Å². The van der Waals surface area contributed by atoms with Crippen molar-refractivity contribution in [3.63, 3.8) is 0 Å². The van der Waals surface area contributed by atoms with Crippen LogP contribution in [0.2, 0.25) is 0 Å². The van der Waals surface area contributed by atoms with Crippen LogP contribution in [0.25, 0.3) is 0 Å². The molecule has 1 unspecified atom stereocenters. The molecule has 1 fully saturated rings. The molecule has 0 N–H and O–H groups in total. The zero-order valence-electron chi connectivity index (χ0n) is 11.6. The number of unbranched alkanes of at least 4 members (excludes halogenated alkanes) is 1. The standard InChI is InChI=1S/C15H19ClN2O2/c1-2-3-7-12(16)10-18-14(19)11-17(15(18)20)13-8-5-4-6-9-13/h4-6,8-9,12H,2-3,7,10-11H2,1H3. The first-order valence-electron chi connectivity index (χ1n) is 6.94. The highest BCUT2D eigenvalue weighted by molar-refractivity contribution is 6.21. The van der Waals surface area contributed by atoms with Gasteiger partial charge in [0.05, 0.1) is 5.38 Å². The van der Waals surface area contributed by atoms with E-state index in [9.17, 15) is 9.59 Å². The van der Waals surface area contributed by atoms with Gasteiger partial charge in [0.1, 0.15) is 6.54 Å². The number of alkyl halides is 1. The van der Waals surface area contributed by atoms with E-state index < -0.39 is 0 Å². The van der Waals surface area contributed by atoms with Crippen LogP contribution in [0.5, 0.6) is 0 Å². The molecule has 4 nitrogen and oxygen atoms in total. The Bertz CT molecular complexity index is 478. The van der Waals surface area contributed by atoms with E-state index in [0.717, 1.165) is 24.9 Å². The van der Waals surface area contributed by atoms with E-state index in [4.69, 9.17) is 11.6 Å². The molecular formula is C15H19ClN2O2. The molecule has 0 radical (unpaired) electrons. The average molecular weight is 295 g/mol. The first-order chi connectivity index (χ1) is 9.63. The summed E-state index contributed by atoms with van der Waals surface area (Å²) < 4.78 is 0. The van der Waals surface area contributed by atoms with Gasteiger partial charge in [-0.1, -0.05) is 38.0 Å². The van der Waals surface area contributed by atoms with Crippen LogP contribution in [-0.2, 0) is 4.79 Å². The SMILES string of the molecule is CCCCC(Cl)CN1C(=O)CN(c2ccccc2)C1=O. The number of hydrogen-bond donors (Lipinski definition) is 0. The van der Waals surface area contributed by atoms with E-state index >= 15 is 0 Å². The first-order valence-corrected chi connectivity index (χ1v) is 7.38. The van der Waals surface area contributed by atoms with Crippen LogP contribution in [0.3, 0.4) is 0 Å². The Labute approximate surface area is 124 Å². The number of carbonyl (C=O) groups is 2. The van der Waals surface area contributed by atoms with Gasteiger partial charge in [-0.25, -0.2) is 4.79 Å². The van der Waals surface area contributed by atoms with Crippen LogP contribution in [0, 0.1) is 0 Å². The summed E-state index contributed by atoms with van der Waals surface area (Å²) in [4.78, 5) is 27.0. The molecule has 0 saturated carbocycles. The topological polar surface area (TPSA) is 40.6 Å². The molecule has 2 rings (SSSR count). The lowest BCUT2D eigenvalue weighted by Crippen LogP contribution is -2.37. The van der Waals surface area contributed by atoms with Gasteiger partial charge in [-0.3, -0.25) is 14.6 Å². The van der Waals surface area contributed by atoms with Crippen molar-refractivity contribution in [2.45, 2.75) is 31.6 Å². The van der Waals surface area contributed by atoms with Gasteiger partial charge in [0.2, 0.25) is 0 Å². The Morgan fingerprint density at radius 3 is 2.60 bits per heavy atom. The summed E-state index contributed by atoms with van der Waals surface area (Å²) >= 11 is 6.20. The van der Waals surface area contributed by atoms with Crippen LogP contribution in [0.15, 0.2) is 30.3 Å². The maximum Gasteiger partial charge on any atom is 0.331 e.